The molecule has 0 fully saturated rings. The molecule has 1 unspecified atom stereocenters. The van der Waals surface area contributed by atoms with Gasteiger partial charge in [-0.05, 0) is 83.1 Å². The first-order valence-electron chi connectivity index (χ1n) is 10.3. The summed E-state index contributed by atoms with van der Waals surface area (Å²) in [6, 6.07) is 18.8. The number of hydrogen-bond donors (Lipinski definition) is 2. The van der Waals surface area contributed by atoms with Crippen LogP contribution in [-0.2, 0) is 0 Å². The number of phenolic OH excluding ortho intramolecular Hbond substituents is 2. The highest BCUT2D eigenvalue weighted by Crippen LogP contribution is 2.49. The average molecular weight is 408 g/mol. The Labute approximate surface area is 178 Å². The highest BCUT2D eigenvalue weighted by Gasteiger charge is 2.35. The van der Waals surface area contributed by atoms with Crippen LogP contribution in [0, 0.1) is 6.92 Å². The Kier molecular flexibility index (Phi) is 3.78. The molecule has 0 bridgehead atoms. The lowest BCUT2D eigenvalue weighted by Gasteiger charge is -2.30. The summed E-state index contributed by atoms with van der Waals surface area (Å²) in [7, 11) is 0. The summed E-state index contributed by atoms with van der Waals surface area (Å²) >= 11 is 0. The maximum Gasteiger partial charge on any atom is 0.132 e. The third kappa shape index (κ3) is 2.76. The molecule has 2 N–H and O–H groups in total. The molecule has 152 valence electrons. The zero-order chi connectivity index (χ0) is 21.1. The van der Waals surface area contributed by atoms with Crippen molar-refractivity contribution in [3.63, 3.8) is 0 Å². The SMILES string of the molecule is Cc1ccc(C2C3=c4ccc(O)cc4=CCC=C3Oc3ccc4cc(O)ccc4c32)o1. The van der Waals surface area contributed by atoms with E-state index in [9.17, 15) is 10.2 Å². The van der Waals surface area contributed by atoms with Crippen molar-refractivity contribution < 1.29 is 19.4 Å². The Morgan fingerprint density at radius 3 is 2.55 bits per heavy atom. The van der Waals surface area contributed by atoms with Crippen LogP contribution >= 0.6 is 0 Å². The van der Waals surface area contributed by atoms with Gasteiger partial charge in [0.1, 0.15) is 34.5 Å². The van der Waals surface area contributed by atoms with Crippen molar-refractivity contribution in [2.24, 2.45) is 0 Å². The molecule has 1 aromatic heterocycles. The first-order valence-corrected chi connectivity index (χ1v) is 10.3. The van der Waals surface area contributed by atoms with Gasteiger partial charge in [0.25, 0.3) is 0 Å². The van der Waals surface area contributed by atoms with E-state index in [1.54, 1.807) is 24.3 Å². The Morgan fingerprint density at radius 2 is 1.71 bits per heavy atom. The minimum absolute atomic E-state index is 0.188. The molecule has 4 aromatic rings. The first kappa shape index (κ1) is 17.9. The van der Waals surface area contributed by atoms with Gasteiger partial charge < -0.3 is 19.4 Å². The molecule has 0 saturated heterocycles. The molecular formula is C27H20O4. The van der Waals surface area contributed by atoms with E-state index in [1.807, 2.05) is 43.3 Å². The Hall–Kier alpha value is -3.92. The maximum atomic E-state index is 10.1. The second-order valence-electron chi connectivity index (χ2n) is 8.06. The lowest BCUT2D eigenvalue weighted by Crippen LogP contribution is -2.31. The van der Waals surface area contributed by atoms with E-state index in [2.05, 4.69) is 12.2 Å². The maximum absolute atomic E-state index is 10.1. The Morgan fingerprint density at radius 1 is 0.871 bits per heavy atom. The quantitative estimate of drug-likeness (QED) is 0.483. The number of allylic oxidation sites excluding steroid dienone is 2. The molecular weight excluding hydrogens is 388 g/mol. The third-order valence-corrected chi connectivity index (χ3v) is 6.08. The summed E-state index contributed by atoms with van der Waals surface area (Å²) in [5, 5.41) is 24.0. The van der Waals surface area contributed by atoms with Gasteiger partial charge in [-0.3, -0.25) is 0 Å². The van der Waals surface area contributed by atoms with Crippen molar-refractivity contribution >= 4 is 22.4 Å². The highest BCUT2D eigenvalue weighted by atomic mass is 16.5. The van der Waals surface area contributed by atoms with Crippen LogP contribution in [0.15, 0.2) is 76.9 Å². The summed E-state index contributed by atoms with van der Waals surface area (Å²) in [5.41, 5.74) is 2.03. The Balaban J connectivity index is 1.78. The number of hydrogen-bond acceptors (Lipinski definition) is 4. The van der Waals surface area contributed by atoms with Crippen LogP contribution in [0.2, 0.25) is 0 Å². The van der Waals surface area contributed by atoms with Crippen LogP contribution in [0.4, 0.5) is 0 Å². The Bertz CT molecular complexity index is 1520. The van der Waals surface area contributed by atoms with Crippen LogP contribution in [0.1, 0.15) is 29.4 Å². The summed E-state index contributed by atoms with van der Waals surface area (Å²) in [5.74, 6) is 3.56. The molecule has 1 aliphatic carbocycles. The van der Waals surface area contributed by atoms with Crippen LogP contribution in [0.5, 0.6) is 17.2 Å². The number of fused-ring (bicyclic) bond motifs is 5. The van der Waals surface area contributed by atoms with E-state index in [1.165, 1.54) is 0 Å². The first-order chi connectivity index (χ1) is 15.1. The molecule has 1 aliphatic heterocycles. The molecule has 0 radical (unpaired) electrons. The van der Waals surface area contributed by atoms with E-state index >= 15 is 0 Å². The van der Waals surface area contributed by atoms with Crippen LogP contribution in [-0.4, -0.2) is 10.2 Å². The molecule has 2 heterocycles. The molecule has 1 atom stereocenters. The number of aromatic hydroxyl groups is 2. The van der Waals surface area contributed by atoms with E-state index < -0.39 is 0 Å². The largest absolute Gasteiger partial charge is 0.508 e. The smallest absolute Gasteiger partial charge is 0.132 e. The van der Waals surface area contributed by atoms with E-state index in [4.69, 9.17) is 9.15 Å². The fourth-order valence-electron chi connectivity index (χ4n) is 4.76. The normalized spacial score (nSPS) is 17.0. The molecule has 0 saturated carbocycles. The van der Waals surface area contributed by atoms with Crippen molar-refractivity contribution in [3.05, 3.63) is 100 Å². The number of rotatable bonds is 1. The summed E-state index contributed by atoms with van der Waals surface area (Å²) in [6.45, 7) is 1.94. The van der Waals surface area contributed by atoms with Crippen molar-refractivity contribution in [2.45, 2.75) is 19.3 Å². The second kappa shape index (κ2) is 6.54. The van der Waals surface area contributed by atoms with Gasteiger partial charge in [-0.15, -0.1) is 0 Å². The minimum Gasteiger partial charge on any atom is -0.508 e. The highest BCUT2D eigenvalue weighted by molar-refractivity contribution is 5.94. The summed E-state index contributed by atoms with van der Waals surface area (Å²) < 4.78 is 12.6. The van der Waals surface area contributed by atoms with Crippen molar-refractivity contribution in [3.8, 4) is 17.2 Å². The average Bonchev–Trinajstić information content (AvgIpc) is 3.10. The fraction of sp³-hybridized carbons (Fsp3) is 0.111. The van der Waals surface area contributed by atoms with Crippen molar-refractivity contribution in [1.82, 2.24) is 0 Å². The van der Waals surface area contributed by atoms with Crippen LogP contribution < -0.4 is 15.2 Å². The van der Waals surface area contributed by atoms with Gasteiger partial charge >= 0.3 is 0 Å². The number of ether oxygens (including phenoxy) is 1. The zero-order valence-electron chi connectivity index (χ0n) is 16.9. The fourth-order valence-corrected chi connectivity index (χ4v) is 4.76. The number of aryl methyl sites for hydroxylation is 1. The number of benzene rings is 3. The second-order valence-corrected chi connectivity index (χ2v) is 8.06. The number of furan rings is 1. The number of phenols is 2. The molecule has 4 nitrogen and oxygen atoms in total. The molecule has 6 rings (SSSR count). The van der Waals surface area contributed by atoms with Crippen LogP contribution in [0.25, 0.3) is 22.4 Å². The third-order valence-electron chi connectivity index (χ3n) is 6.08. The van der Waals surface area contributed by atoms with Gasteiger partial charge in [0.05, 0.1) is 5.92 Å². The molecule has 2 aliphatic rings. The van der Waals surface area contributed by atoms with E-state index in [-0.39, 0.29) is 17.4 Å². The standard InChI is InChI=1S/C27H20O4/c1-15-5-11-24(30-15)27-25-20-9-7-18(28)13-16(20)3-2-4-22(25)31-23-12-6-17-14-19(29)8-10-21(17)26(23)27/h3-14,27-29H,2H2,1H3. The van der Waals surface area contributed by atoms with Crippen LogP contribution in [0.3, 0.4) is 0 Å². The monoisotopic (exact) mass is 408 g/mol. The molecule has 3 aromatic carbocycles. The van der Waals surface area contributed by atoms with Crippen molar-refractivity contribution in [1.29, 1.82) is 0 Å². The predicted octanol–water partition coefficient (Wildman–Crippen LogP) is 4.60. The molecule has 0 amide bonds. The van der Waals surface area contributed by atoms with E-state index in [0.717, 1.165) is 55.4 Å². The molecule has 31 heavy (non-hydrogen) atoms. The summed E-state index contributed by atoms with van der Waals surface area (Å²) in [4.78, 5) is 0. The minimum atomic E-state index is -0.188. The zero-order valence-corrected chi connectivity index (χ0v) is 16.9. The van der Waals surface area contributed by atoms with Gasteiger partial charge in [0, 0.05) is 11.1 Å². The topological polar surface area (TPSA) is 62.8 Å². The molecule has 4 heteroatoms. The lowest BCUT2D eigenvalue weighted by molar-refractivity contribution is 0.410. The van der Waals surface area contributed by atoms with Gasteiger partial charge in [0.2, 0.25) is 0 Å². The summed E-state index contributed by atoms with van der Waals surface area (Å²) in [6.07, 6.45) is 4.89. The van der Waals surface area contributed by atoms with Gasteiger partial charge in [-0.1, -0.05) is 24.3 Å². The predicted molar refractivity (Wildman–Crippen MR) is 119 cm³/mol. The van der Waals surface area contributed by atoms with Gasteiger partial charge in [0.15, 0.2) is 0 Å². The van der Waals surface area contributed by atoms with Crippen molar-refractivity contribution in [2.75, 3.05) is 0 Å². The van der Waals surface area contributed by atoms with Gasteiger partial charge in [-0.25, -0.2) is 0 Å². The molecule has 0 spiro atoms. The van der Waals surface area contributed by atoms with E-state index in [0.29, 0.717) is 6.42 Å². The van der Waals surface area contributed by atoms with Gasteiger partial charge in [-0.2, -0.15) is 0 Å². The lowest BCUT2D eigenvalue weighted by atomic mass is 9.81.